The van der Waals surface area contributed by atoms with Crippen LogP contribution in [0.2, 0.25) is 0 Å². The SMILES string of the molecule is CCCCCCCCN(CCCCCCCC)c1ncc(N)cn1. The zero-order chi connectivity index (χ0) is 17.5. The summed E-state index contributed by atoms with van der Waals surface area (Å²) in [5.41, 5.74) is 6.36. The van der Waals surface area contributed by atoms with E-state index < -0.39 is 0 Å². The van der Waals surface area contributed by atoms with Gasteiger partial charge < -0.3 is 10.6 Å². The summed E-state index contributed by atoms with van der Waals surface area (Å²) in [4.78, 5) is 11.2. The fraction of sp³-hybridized carbons (Fsp3) is 0.800. The summed E-state index contributed by atoms with van der Waals surface area (Å²) in [6.45, 7) is 6.65. The minimum absolute atomic E-state index is 0.637. The molecule has 0 aliphatic heterocycles. The summed E-state index contributed by atoms with van der Waals surface area (Å²) in [5.74, 6) is 0.839. The van der Waals surface area contributed by atoms with E-state index in [4.69, 9.17) is 5.73 Å². The lowest BCUT2D eigenvalue weighted by atomic mass is 10.1. The lowest BCUT2D eigenvalue weighted by Gasteiger charge is -2.22. The smallest absolute Gasteiger partial charge is 0.225 e. The molecule has 1 aromatic heterocycles. The molecule has 0 aromatic carbocycles. The standard InChI is InChI=1S/C20H38N4/c1-3-5-7-9-11-13-15-24(16-14-12-10-8-6-4-2)20-22-17-19(21)18-23-20/h17-18H,3-16,21H2,1-2H3. The summed E-state index contributed by atoms with van der Waals surface area (Å²) in [6, 6.07) is 0. The molecule has 0 spiro atoms. The Balaban J connectivity index is 2.34. The second kappa shape index (κ2) is 14.1. The summed E-state index contributed by atoms with van der Waals surface area (Å²) in [5, 5.41) is 0. The average molecular weight is 335 g/mol. The Bertz CT molecular complexity index is 375. The van der Waals surface area contributed by atoms with Gasteiger partial charge in [-0.15, -0.1) is 0 Å². The van der Waals surface area contributed by atoms with E-state index in [1.165, 1.54) is 77.0 Å². The molecule has 0 aliphatic carbocycles. The van der Waals surface area contributed by atoms with Crippen molar-refractivity contribution in [3.05, 3.63) is 12.4 Å². The van der Waals surface area contributed by atoms with Crippen molar-refractivity contribution < 1.29 is 0 Å². The Kier molecular flexibility index (Phi) is 12.1. The molecule has 2 N–H and O–H groups in total. The van der Waals surface area contributed by atoms with Crippen molar-refractivity contribution in [2.75, 3.05) is 23.7 Å². The third kappa shape index (κ3) is 9.74. The summed E-state index contributed by atoms with van der Waals surface area (Å²) < 4.78 is 0. The van der Waals surface area contributed by atoms with Crippen LogP contribution in [0.15, 0.2) is 12.4 Å². The van der Waals surface area contributed by atoms with Crippen LogP contribution in [0.1, 0.15) is 90.9 Å². The highest BCUT2D eigenvalue weighted by Gasteiger charge is 2.09. The predicted octanol–water partition coefficient (Wildman–Crippen LogP) is 5.59. The lowest BCUT2D eigenvalue weighted by Crippen LogP contribution is -2.27. The molecule has 138 valence electrons. The van der Waals surface area contributed by atoms with Gasteiger partial charge in [0.1, 0.15) is 0 Å². The van der Waals surface area contributed by atoms with Crippen molar-refractivity contribution in [3.63, 3.8) is 0 Å². The van der Waals surface area contributed by atoms with E-state index in [-0.39, 0.29) is 0 Å². The minimum Gasteiger partial charge on any atom is -0.396 e. The number of nitrogens with zero attached hydrogens (tertiary/aromatic N) is 3. The van der Waals surface area contributed by atoms with Gasteiger partial charge in [-0.1, -0.05) is 78.1 Å². The van der Waals surface area contributed by atoms with Gasteiger partial charge in [0, 0.05) is 13.1 Å². The van der Waals surface area contributed by atoms with Crippen LogP contribution in [0.3, 0.4) is 0 Å². The summed E-state index contributed by atoms with van der Waals surface area (Å²) in [7, 11) is 0. The molecule has 4 heteroatoms. The molecule has 0 amide bonds. The van der Waals surface area contributed by atoms with Crippen molar-refractivity contribution in [2.24, 2.45) is 0 Å². The molecule has 0 radical (unpaired) electrons. The number of nitrogen functional groups attached to an aromatic ring is 1. The molecule has 24 heavy (non-hydrogen) atoms. The molecule has 0 saturated heterocycles. The second-order valence-corrected chi connectivity index (χ2v) is 6.84. The number of aromatic nitrogens is 2. The van der Waals surface area contributed by atoms with Crippen LogP contribution in [0.4, 0.5) is 11.6 Å². The van der Waals surface area contributed by atoms with Crippen LogP contribution < -0.4 is 10.6 Å². The molecule has 1 rings (SSSR count). The van der Waals surface area contributed by atoms with Crippen molar-refractivity contribution in [2.45, 2.75) is 90.9 Å². The number of nitrogens with two attached hydrogens (primary N) is 1. The maximum Gasteiger partial charge on any atom is 0.225 e. The van der Waals surface area contributed by atoms with E-state index in [1.54, 1.807) is 12.4 Å². The van der Waals surface area contributed by atoms with Crippen LogP contribution in [0.5, 0.6) is 0 Å². The monoisotopic (exact) mass is 334 g/mol. The maximum absolute atomic E-state index is 5.72. The Morgan fingerprint density at radius 2 is 1.12 bits per heavy atom. The molecule has 0 aliphatic rings. The van der Waals surface area contributed by atoms with Crippen molar-refractivity contribution in [1.82, 2.24) is 9.97 Å². The number of hydrogen-bond acceptors (Lipinski definition) is 4. The molecule has 1 aromatic rings. The number of anilines is 2. The molecule has 1 heterocycles. The number of rotatable bonds is 15. The van der Waals surface area contributed by atoms with Gasteiger partial charge in [-0.2, -0.15) is 0 Å². The molecule has 0 unspecified atom stereocenters. The Labute approximate surface area is 149 Å². The van der Waals surface area contributed by atoms with E-state index in [0.717, 1.165) is 19.0 Å². The molecule has 0 atom stereocenters. The van der Waals surface area contributed by atoms with Gasteiger partial charge in [0.2, 0.25) is 5.95 Å². The van der Waals surface area contributed by atoms with Crippen LogP contribution in [0.25, 0.3) is 0 Å². The Hall–Kier alpha value is -1.32. The first kappa shape index (κ1) is 20.7. The molecular weight excluding hydrogens is 296 g/mol. The zero-order valence-corrected chi connectivity index (χ0v) is 16.0. The topological polar surface area (TPSA) is 55.0 Å². The van der Waals surface area contributed by atoms with Crippen molar-refractivity contribution in [3.8, 4) is 0 Å². The van der Waals surface area contributed by atoms with E-state index in [1.807, 2.05) is 0 Å². The summed E-state index contributed by atoms with van der Waals surface area (Å²) in [6.07, 6.45) is 19.3. The van der Waals surface area contributed by atoms with Crippen molar-refractivity contribution >= 4 is 11.6 Å². The Morgan fingerprint density at radius 1 is 0.708 bits per heavy atom. The highest BCUT2D eigenvalue weighted by atomic mass is 15.2. The van der Waals surface area contributed by atoms with Gasteiger partial charge in [0.15, 0.2) is 0 Å². The lowest BCUT2D eigenvalue weighted by molar-refractivity contribution is 0.570. The van der Waals surface area contributed by atoms with Gasteiger partial charge in [-0.3, -0.25) is 0 Å². The molecule has 0 bridgehead atoms. The first-order valence-electron chi connectivity index (χ1n) is 10.1. The highest BCUT2D eigenvalue weighted by Crippen LogP contribution is 2.14. The number of unbranched alkanes of at least 4 members (excludes halogenated alkanes) is 10. The normalized spacial score (nSPS) is 10.9. The fourth-order valence-electron chi connectivity index (χ4n) is 2.97. The fourth-order valence-corrected chi connectivity index (χ4v) is 2.97. The zero-order valence-electron chi connectivity index (χ0n) is 16.0. The van der Waals surface area contributed by atoms with E-state index >= 15 is 0 Å². The van der Waals surface area contributed by atoms with Crippen LogP contribution in [-0.2, 0) is 0 Å². The second-order valence-electron chi connectivity index (χ2n) is 6.84. The quantitative estimate of drug-likeness (QED) is 0.425. The third-order valence-electron chi connectivity index (χ3n) is 4.50. The molecule has 0 fully saturated rings. The first-order chi connectivity index (χ1) is 11.8. The van der Waals surface area contributed by atoms with Gasteiger partial charge in [0.25, 0.3) is 0 Å². The third-order valence-corrected chi connectivity index (χ3v) is 4.50. The molecular formula is C20H38N4. The van der Waals surface area contributed by atoms with E-state index in [9.17, 15) is 0 Å². The van der Waals surface area contributed by atoms with Crippen LogP contribution in [0, 0.1) is 0 Å². The minimum atomic E-state index is 0.637. The largest absolute Gasteiger partial charge is 0.396 e. The van der Waals surface area contributed by atoms with Gasteiger partial charge in [-0.05, 0) is 12.8 Å². The van der Waals surface area contributed by atoms with Crippen LogP contribution >= 0.6 is 0 Å². The van der Waals surface area contributed by atoms with E-state index in [0.29, 0.717) is 5.69 Å². The molecule has 4 nitrogen and oxygen atoms in total. The average Bonchev–Trinajstić information content (AvgIpc) is 2.60. The van der Waals surface area contributed by atoms with Gasteiger partial charge in [-0.25, -0.2) is 9.97 Å². The van der Waals surface area contributed by atoms with Crippen LogP contribution in [-0.4, -0.2) is 23.1 Å². The van der Waals surface area contributed by atoms with Crippen molar-refractivity contribution in [1.29, 1.82) is 0 Å². The predicted molar refractivity (Wildman–Crippen MR) is 105 cm³/mol. The van der Waals surface area contributed by atoms with Gasteiger partial charge >= 0.3 is 0 Å². The van der Waals surface area contributed by atoms with E-state index in [2.05, 4.69) is 28.7 Å². The van der Waals surface area contributed by atoms with Gasteiger partial charge in [0.05, 0.1) is 18.1 Å². The highest BCUT2D eigenvalue weighted by molar-refractivity contribution is 5.37. The maximum atomic E-state index is 5.72. The molecule has 0 saturated carbocycles. The number of hydrogen-bond donors (Lipinski definition) is 1. The summed E-state index contributed by atoms with van der Waals surface area (Å²) >= 11 is 0. The Morgan fingerprint density at radius 3 is 1.58 bits per heavy atom. The first-order valence-corrected chi connectivity index (χ1v) is 10.1.